The van der Waals surface area contributed by atoms with Crippen molar-refractivity contribution >= 4 is 15.9 Å². The quantitative estimate of drug-likeness (QED) is 0.783. The molecule has 2 aromatic rings. The van der Waals surface area contributed by atoms with Gasteiger partial charge in [-0.25, -0.2) is 4.98 Å². The van der Waals surface area contributed by atoms with Crippen LogP contribution in [0, 0.1) is 6.92 Å². The average molecular weight is 322 g/mol. The van der Waals surface area contributed by atoms with Crippen LogP contribution in [0.2, 0.25) is 0 Å². The highest BCUT2D eigenvalue weighted by Crippen LogP contribution is 2.26. The van der Waals surface area contributed by atoms with Gasteiger partial charge in [-0.3, -0.25) is 4.98 Å². The fraction of sp³-hybridized carbons (Fsp3) is 0.357. The largest absolute Gasteiger partial charge is 0.437 e. The maximum atomic E-state index is 5.71. The lowest BCUT2D eigenvalue weighted by Gasteiger charge is -2.17. The molecule has 5 heteroatoms. The van der Waals surface area contributed by atoms with Crippen molar-refractivity contribution in [3.8, 4) is 11.6 Å². The zero-order valence-electron chi connectivity index (χ0n) is 11.4. The predicted octanol–water partition coefficient (Wildman–Crippen LogP) is 4.03. The molecule has 0 radical (unpaired) electrons. The van der Waals surface area contributed by atoms with Gasteiger partial charge in [-0.05, 0) is 35.0 Å². The number of hydrogen-bond donors (Lipinski definition) is 0. The molecule has 0 saturated carbocycles. The summed E-state index contributed by atoms with van der Waals surface area (Å²) >= 11 is 3.38. The standard InChI is InChI=1S/C14H16BrN3O/c1-9-5-6-10(8-16-9)19-12-7-11(15)17-13(18-12)14(2,3)4/h5-8H,1-4H3. The Balaban J connectivity index is 2.30. The van der Waals surface area contributed by atoms with Gasteiger partial charge in [0.2, 0.25) is 5.88 Å². The van der Waals surface area contributed by atoms with Crippen LogP contribution in [0.1, 0.15) is 32.3 Å². The average Bonchev–Trinajstić information content (AvgIpc) is 2.30. The van der Waals surface area contributed by atoms with Crippen molar-refractivity contribution in [2.45, 2.75) is 33.1 Å². The Kier molecular flexibility index (Phi) is 3.85. The summed E-state index contributed by atoms with van der Waals surface area (Å²) in [6.45, 7) is 8.12. The van der Waals surface area contributed by atoms with Gasteiger partial charge in [-0.1, -0.05) is 20.8 Å². The zero-order valence-corrected chi connectivity index (χ0v) is 13.0. The molecule has 0 aliphatic rings. The Hall–Kier alpha value is -1.49. The Morgan fingerprint density at radius 2 is 1.89 bits per heavy atom. The van der Waals surface area contributed by atoms with Gasteiger partial charge in [0.05, 0.1) is 6.20 Å². The monoisotopic (exact) mass is 321 g/mol. The Morgan fingerprint density at radius 1 is 1.16 bits per heavy atom. The third kappa shape index (κ3) is 3.73. The van der Waals surface area contributed by atoms with Gasteiger partial charge in [0.1, 0.15) is 16.2 Å². The molecule has 4 nitrogen and oxygen atoms in total. The van der Waals surface area contributed by atoms with Crippen molar-refractivity contribution in [2.24, 2.45) is 0 Å². The number of aromatic nitrogens is 3. The minimum atomic E-state index is -0.132. The van der Waals surface area contributed by atoms with Crippen LogP contribution in [0.3, 0.4) is 0 Å². The SMILES string of the molecule is Cc1ccc(Oc2cc(Br)nc(C(C)(C)C)n2)cn1. The van der Waals surface area contributed by atoms with Gasteiger partial charge >= 0.3 is 0 Å². The number of halogens is 1. The van der Waals surface area contributed by atoms with Crippen LogP contribution < -0.4 is 4.74 Å². The van der Waals surface area contributed by atoms with Crippen LogP contribution >= 0.6 is 15.9 Å². The first kappa shape index (κ1) is 13.9. The van der Waals surface area contributed by atoms with E-state index in [9.17, 15) is 0 Å². The zero-order chi connectivity index (χ0) is 14.0. The lowest BCUT2D eigenvalue weighted by atomic mass is 9.96. The molecule has 100 valence electrons. The fourth-order valence-electron chi connectivity index (χ4n) is 1.42. The van der Waals surface area contributed by atoms with Gasteiger partial charge in [-0.2, -0.15) is 4.98 Å². The highest BCUT2D eigenvalue weighted by molar-refractivity contribution is 9.10. The van der Waals surface area contributed by atoms with E-state index in [2.05, 4.69) is 51.7 Å². The van der Waals surface area contributed by atoms with E-state index in [-0.39, 0.29) is 5.41 Å². The lowest BCUT2D eigenvalue weighted by molar-refractivity contribution is 0.442. The van der Waals surface area contributed by atoms with E-state index >= 15 is 0 Å². The molecule has 2 heterocycles. The van der Waals surface area contributed by atoms with Crippen LogP contribution in [-0.2, 0) is 5.41 Å². The molecule has 0 aliphatic carbocycles. The van der Waals surface area contributed by atoms with Crippen molar-refractivity contribution in [1.82, 2.24) is 15.0 Å². The second-order valence-corrected chi connectivity index (χ2v) is 6.15. The minimum absolute atomic E-state index is 0.132. The van der Waals surface area contributed by atoms with E-state index < -0.39 is 0 Å². The smallest absolute Gasteiger partial charge is 0.223 e. The van der Waals surface area contributed by atoms with E-state index in [0.29, 0.717) is 16.2 Å². The van der Waals surface area contributed by atoms with E-state index in [1.807, 2.05) is 19.1 Å². The normalized spacial score (nSPS) is 11.4. The van der Waals surface area contributed by atoms with E-state index in [1.54, 1.807) is 12.3 Å². The summed E-state index contributed by atoms with van der Waals surface area (Å²) in [4.78, 5) is 13.0. The third-order valence-corrected chi connectivity index (χ3v) is 2.86. The summed E-state index contributed by atoms with van der Waals surface area (Å²) in [6.07, 6.45) is 1.68. The molecule has 0 N–H and O–H groups in total. The van der Waals surface area contributed by atoms with Gasteiger partial charge in [-0.15, -0.1) is 0 Å². The molecule has 0 atom stereocenters. The number of aryl methyl sites for hydroxylation is 1. The maximum absolute atomic E-state index is 5.71. The second-order valence-electron chi connectivity index (χ2n) is 5.34. The molecule has 0 fully saturated rings. The number of ether oxygens (including phenoxy) is 1. The Bertz CT molecular complexity index is 576. The summed E-state index contributed by atoms with van der Waals surface area (Å²) in [5, 5.41) is 0. The topological polar surface area (TPSA) is 47.9 Å². The molecule has 0 spiro atoms. The number of hydrogen-bond acceptors (Lipinski definition) is 4. The van der Waals surface area contributed by atoms with Gasteiger partial charge in [0.25, 0.3) is 0 Å². The van der Waals surface area contributed by atoms with Gasteiger partial charge in [0.15, 0.2) is 0 Å². The molecule has 2 aromatic heterocycles. The first-order valence-electron chi connectivity index (χ1n) is 6.00. The summed E-state index contributed by atoms with van der Waals surface area (Å²) in [6, 6.07) is 5.51. The van der Waals surface area contributed by atoms with Gasteiger partial charge < -0.3 is 4.74 Å². The van der Waals surface area contributed by atoms with Crippen molar-refractivity contribution in [1.29, 1.82) is 0 Å². The summed E-state index contributed by atoms with van der Waals surface area (Å²) < 4.78 is 6.42. The van der Waals surface area contributed by atoms with Crippen molar-refractivity contribution in [3.05, 3.63) is 40.5 Å². The van der Waals surface area contributed by atoms with Gasteiger partial charge in [0, 0.05) is 17.2 Å². The lowest BCUT2D eigenvalue weighted by Crippen LogP contribution is -2.16. The number of rotatable bonds is 2. The van der Waals surface area contributed by atoms with Crippen LogP contribution in [0.15, 0.2) is 29.0 Å². The van der Waals surface area contributed by atoms with Crippen LogP contribution in [0.25, 0.3) is 0 Å². The maximum Gasteiger partial charge on any atom is 0.223 e. The van der Waals surface area contributed by atoms with E-state index in [4.69, 9.17) is 4.74 Å². The summed E-state index contributed by atoms with van der Waals surface area (Å²) in [7, 11) is 0. The first-order valence-corrected chi connectivity index (χ1v) is 6.79. The highest BCUT2D eigenvalue weighted by Gasteiger charge is 2.19. The fourth-order valence-corrected chi connectivity index (χ4v) is 1.78. The molecular formula is C14H16BrN3O. The Morgan fingerprint density at radius 3 is 2.47 bits per heavy atom. The number of pyridine rings is 1. The summed E-state index contributed by atoms with van der Waals surface area (Å²) in [5.41, 5.74) is 0.819. The first-order chi connectivity index (χ1) is 8.84. The molecule has 19 heavy (non-hydrogen) atoms. The molecule has 0 bridgehead atoms. The molecule has 0 saturated heterocycles. The second kappa shape index (κ2) is 5.25. The van der Waals surface area contributed by atoms with Crippen molar-refractivity contribution in [2.75, 3.05) is 0 Å². The number of nitrogens with zero attached hydrogens (tertiary/aromatic N) is 3. The predicted molar refractivity (Wildman–Crippen MR) is 77.5 cm³/mol. The third-order valence-electron chi connectivity index (χ3n) is 2.45. The minimum Gasteiger partial charge on any atom is -0.437 e. The van der Waals surface area contributed by atoms with E-state index in [1.165, 1.54) is 0 Å². The molecule has 0 aromatic carbocycles. The molecule has 2 rings (SSSR count). The molecule has 0 amide bonds. The van der Waals surface area contributed by atoms with Crippen LogP contribution in [0.5, 0.6) is 11.6 Å². The van der Waals surface area contributed by atoms with E-state index in [0.717, 1.165) is 11.5 Å². The molecular weight excluding hydrogens is 306 g/mol. The van der Waals surface area contributed by atoms with Crippen LogP contribution in [-0.4, -0.2) is 15.0 Å². The van der Waals surface area contributed by atoms with Crippen molar-refractivity contribution < 1.29 is 4.74 Å². The Labute approximate surface area is 121 Å². The van der Waals surface area contributed by atoms with Crippen LogP contribution in [0.4, 0.5) is 0 Å². The van der Waals surface area contributed by atoms with Crippen molar-refractivity contribution in [3.63, 3.8) is 0 Å². The molecule has 0 aliphatic heterocycles. The summed E-state index contributed by atoms with van der Waals surface area (Å²) in [5.74, 6) is 1.91. The highest BCUT2D eigenvalue weighted by atomic mass is 79.9. The molecule has 0 unspecified atom stereocenters.